The lowest BCUT2D eigenvalue weighted by atomic mass is 9.98. The Morgan fingerprint density at radius 3 is 2.41 bits per heavy atom. The summed E-state index contributed by atoms with van der Waals surface area (Å²) in [5, 5.41) is 0.529. The molecule has 2 rings (SSSR count). The van der Waals surface area contributed by atoms with E-state index in [0.29, 0.717) is 48.8 Å². The Balaban J connectivity index is 1.97. The van der Waals surface area contributed by atoms with E-state index in [1.54, 1.807) is 0 Å². The highest BCUT2D eigenvalue weighted by atomic mass is 35.5. The predicted molar refractivity (Wildman–Crippen MR) is 112 cm³/mol. The number of hydrogen-bond acceptors (Lipinski definition) is 4. The van der Waals surface area contributed by atoms with E-state index in [-0.39, 0.29) is 0 Å². The lowest BCUT2D eigenvalue weighted by Crippen LogP contribution is -2.11. The van der Waals surface area contributed by atoms with Crippen molar-refractivity contribution in [3.05, 3.63) is 52.0 Å². The second-order valence-corrected chi connectivity index (χ2v) is 7.15. The molecule has 0 fully saturated rings. The van der Waals surface area contributed by atoms with Gasteiger partial charge in [0.05, 0.1) is 11.6 Å². The summed E-state index contributed by atoms with van der Waals surface area (Å²) in [6.07, 6.45) is 0.745. The average molecular weight is 392 g/mol. The third-order valence-electron chi connectivity index (χ3n) is 4.26. The molecule has 27 heavy (non-hydrogen) atoms. The first-order chi connectivity index (χ1) is 13.0. The van der Waals surface area contributed by atoms with Crippen molar-refractivity contribution in [3.8, 4) is 17.2 Å². The van der Waals surface area contributed by atoms with Crippen LogP contribution in [0.25, 0.3) is 0 Å². The second-order valence-electron chi connectivity index (χ2n) is 6.75. The molecule has 0 heterocycles. The first kappa shape index (κ1) is 21.4. The molecule has 0 aliphatic heterocycles. The van der Waals surface area contributed by atoms with E-state index >= 15 is 0 Å². The number of aryl methyl sites for hydroxylation is 1. The van der Waals surface area contributed by atoms with Crippen LogP contribution in [0.4, 0.5) is 0 Å². The number of hydrogen-bond donors (Lipinski definition) is 1. The summed E-state index contributed by atoms with van der Waals surface area (Å²) in [7, 11) is 0. The summed E-state index contributed by atoms with van der Waals surface area (Å²) in [5.74, 6) is 2.54. The molecular formula is C22H30ClNO3. The lowest BCUT2D eigenvalue weighted by Gasteiger charge is -2.16. The normalized spacial score (nSPS) is 10.9. The minimum atomic E-state index is 0.376. The van der Waals surface area contributed by atoms with E-state index in [4.69, 9.17) is 31.5 Å². The molecule has 0 aliphatic carbocycles. The SMILES string of the molecule is CCOc1cc(CCN)cc(Cl)c1OCCOc1ccc(C(C)C)c(C)c1. The Morgan fingerprint density at radius 1 is 1.04 bits per heavy atom. The molecule has 2 N–H and O–H groups in total. The summed E-state index contributed by atoms with van der Waals surface area (Å²) < 4.78 is 17.4. The van der Waals surface area contributed by atoms with E-state index in [1.807, 2.05) is 25.1 Å². The van der Waals surface area contributed by atoms with Gasteiger partial charge in [0, 0.05) is 0 Å². The molecular weight excluding hydrogens is 362 g/mol. The summed E-state index contributed by atoms with van der Waals surface area (Å²) >= 11 is 6.38. The van der Waals surface area contributed by atoms with E-state index < -0.39 is 0 Å². The lowest BCUT2D eigenvalue weighted by molar-refractivity contribution is 0.208. The third kappa shape index (κ3) is 6.05. The van der Waals surface area contributed by atoms with Crippen LogP contribution in [-0.4, -0.2) is 26.4 Å². The molecule has 0 saturated carbocycles. The fourth-order valence-corrected chi connectivity index (χ4v) is 3.31. The van der Waals surface area contributed by atoms with Gasteiger partial charge in [-0.1, -0.05) is 31.5 Å². The van der Waals surface area contributed by atoms with Crippen LogP contribution in [0.5, 0.6) is 17.2 Å². The van der Waals surface area contributed by atoms with E-state index in [9.17, 15) is 0 Å². The van der Waals surface area contributed by atoms with Crippen molar-refractivity contribution in [2.24, 2.45) is 5.73 Å². The summed E-state index contributed by atoms with van der Waals surface area (Å²) in [6.45, 7) is 10.3. The second kappa shape index (κ2) is 10.4. The van der Waals surface area contributed by atoms with Crippen LogP contribution in [0, 0.1) is 6.92 Å². The molecule has 5 heteroatoms. The predicted octanol–water partition coefficient (Wildman–Crippen LogP) is 5.13. The number of nitrogens with two attached hydrogens (primary N) is 1. The largest absolute Gasteiger partial charge is 0.490 e. The quantitative estimate of drug-likeness (QED) is 0.570. The number of halogens is 1. The zero-order chi connectivity index (χ0) is 19.8. The van der Waals surface area contributed by atoms with Crippen molar-refractivity contribution < 1.29 is 14.2 Å². The van der Waals surface area contributed by atoms with Gasteiger partial charge in [-0.3, -0.25) is 0 Å². The highest BCUT2D eigenvalue weighted by Gasteiger charge is 2.13. The molecule has 0 saturated heterocycles. The van der Waals surface area contributed by atoms with Gasteiger partial charge in [-0.05, 0) is 73.7 Å². The first-order valence-corrected chi connectivity index (χ1v) is 9.85. The molecule has 0 radical (unpaired) electrons. The van der Waals surface area contributed by atoms with Crippen molar-refractivity contribution in [1.29, 1.82) is 0 Å². The maximum Gasteiger partial charge on any atom is 0.179 e. The highest BCUT2D eigenvalue weighted by Crippen LogP contribution is 2.36. The van der Waals surface area contributed by atoms with Gasteiger partial charge in [-0.25, -0.2) is 0 Å². The molecule has 2 aromatic rings. The average Bonchev–Trinajstić information content (AvgIpc) is 2.60. The molecule has 4 nitrogen and oxygen atoms in total. The summed E-state index contributed by atoms with van der Waals surface area (Å²) in [4.78, 5) is 0. The molecule has 0 atom stereocenters. The third-order valence-corrected chi connectivity index (χ3v) is 4.54. The van der Waals surface area contributed by atoms with E-state index in [2.05, 4.69) is 32.9 Å². The van der Waals surface area contributed by atoms with Gasteiger partial charge in [0.25, 0.3) is 0 Å². The van der Waals surface area contributed by atoms with Gasteiger partial charge >= 0.3 is 0 Å². The monoisotopic (exact) mass is 391 g/mol. The minimum absolute atomic E-state index is 0.376. The fraction of sp³-hybridized carbons (Fsp3) is 0.455. The van der Waals surface area contributed by atoms with Crippen molar-refractivity contribution in [1.82, 2.24) is 0 Å². The Bertz CT molecular complexity index is 747. The van der Waals surface area contributed by atoms with Crippen LogP contribution in [0.1, 0.15) is 43.4 Å². The minimum Gasteiger partial charge on any atom is -0.490 e. The van der Waals surface area contributed by atoms with Crippen LogP contribution in [0.3, 0.4) is 0 Å². The Labute approximate surface area is 167 Å². The van der Waals surface area contributed by atoms with Crippen LogP contribution in [0.15, 0.2) is 30.3 Å². The Hall–Kier alpha value is -1.91. The van der Waals surface area contributed by atoms with Crippen molar-refractivity contribution in [3.63, 3.8) is 0 Å². The van der Waals surface area contributed by atoms with Gasteiger partial charge in [0.1, 0.15) is 19.0 Å². The molecule has 148 valence electrons. The van der Waals surface area contributed by atoms with Crippen molar-refractivity contribution >= 4 is 11.6 Å². The molecule has 0 unspecified atom stereocenters. The molecule has 0 spiro atoms. The fourth-order valence-electron chi connectivity index (χ4n) is 3.02. The molecule has 0 aromatic heterocycles. The smallest absolute Gasteiger partial charge is 0.179 e. The van der Waals surface area contributed by atoms with Crippen LogP contribution >= 0.6 is 11.6 Å². The van der Waals surface area contributed by atoms with Gasteiger partial charge < -0.3 is 19.9 Å². The number of benzene rings is 2. The first-order valence-electron chi connectivity index (χ1n) is 9.47. The maximum absolute atomic E-state index is 6.38. The van der Waals surface area contributed by atoms with E-state index in [0.717, 1.165) is 17.7 Å². The highest BCUT2D eigenvalue weighted by molar-refractivity contribution is 6.32. The van der Waals surface area contributed by atoms with Gasteiger partial charge in [-0.2, -0.15) is 0 Å². The standard InChI is InChI=1S/C22H30ClNO3/c1-5-25-21-14-17(8-9-24)13-20(23)22(21)27-11-10-26-18-6-7-19(15(2)3)16(4)12-18/h6-7,12-15H,5,8-11,24H2,1-4H3. The van der Waals surface area contributed by atoms with Crippen molar-refractivity contribution in [2.45, 2.75) is 40.0 Å². The summed E-state index contributed by atoms with van der Waals surface area (Å²) in [6, 6.07) is 10.0. The van der Waals surface area contributed by atoms with Gasteiger partial charge in [0.15, 0.2) is 11.5 Å². The van der Waals surface area contributed by atoms with Crippen LogP contribution in [-0.2, 0) is 6.42 Å². The van der Waals surface area contributed by atoms with Crippen molar-refractivity contribution in [2.75, 3.05) is 26.4 Å². The van der Waals surface area contributed by atoms with E-state index in [1.165, 1.54) is 11.1 Å². The number of ether oxygens (including phenoxy) is 3. The zero-order valence-corrected chi connectivity index (χ0v) is 17.4. The Kier molecular flexibility index (Phi) is 8.26. The van der Waals surface area contributed by atoms with Crippen LogP contribution in [0.2, 0.25) is 5.02 Å². The molecule has 0 amide bonds. The maximum atomic E-state index is 6.38. The molecule has 0 bridgehead atoms. The molecule has 2 aromatic carbocycles. The summed E-state index contributed by atoms with van der Waals surface area (Å²) in [5.41, 5.74) is 9.24. The number of rotatable bonds is 10. The van der Waals surface area contributed by atoms with Gasteiger partial charge in [0.2, 0.25) is 0 Å². The van der Waals surface area contributed by atoms with Crippen LogP contribution < -0.4 is 19.9 Å². The Morgan fingerprint density at radius 2 is 1.78 bits per heavy atom. The topological polar surface area (TPSA) is 53.7 Å². The van der Waals surface area contributed by atoms with Gasteiger partial charge in [-0.15, -0.1) is 0 Å². The zero-order valence-electron chi connectivity index (χ0n) is 16.7. The molecule has 0 aliphatic rings.